The molecular formula is C11H10F2N2. The molecule has 0 saturated carbocycles. The highest BCUT2D eigenvalue weighted by Crippen LogP contribution is 2.15. The standard InChI is InChI=1S/C11H10F2N2/c1-15-4-2-3-8-5-11(13)9(7-14)6-10(8)12/h2-3,5-6,15H,4H2,1H3. The number of halogens is 2. The van der Waals surface area contributed by atoms with Gasteiger partial charge in [0, 0.05) is 12.1 Å². The van der Waals surface area contributed by atoms with Crippen molar-refractivity contribution in [2.75, 3.05) is 13.6 Å². The van der Waals surface area contributed by atoms with E-state index in [-0.39, 0.29) is 11.1 Å². The van der Waals surface area contributed by atoms with Gasteiger partial charge in [0.05, 0.1) is 5.56 Å². The van der Waals surface area contributed by atoms with Crippen LogP contribution in [-0.2, 0) is 0 Å². The maximum Gasteiger partial charge on any atom is 0.141 e. The third-order valence-corrected chi connectivity index (χ3v) is 1.83. The minimum Gasteiger partial charge on any atom is -0.316 e. The van der Waals surface area contributed by atoms with Crippen molar-refractivity contribution in [1.82, 2.24) is 5.32 Å². The minimum atomic E-state index is -0.706. The molecule has 0 spiro atoms. The zero-order valence-corrected chi connectivity index (χ0v) is 8.22. The Morgan fingerprint density at radius 3 is 2.73 bits per heavy atom. The smallest absolute Gasteiger partial charge is 0.141 e. The van der Waals surface area contributed by atoms with Crippen molar-refractivity contribution in [2.24, 2.45) is 0 Å². The van der Waals surface area contributed by atoms with Gasteiger partial charge < -0.3 is 5.32 Å². The van der Waals surface area contributed by atoms with E-state index in [1.54, 1.807) is 19.2 Å². The molecule has 0 fully saturated rings. The molecule has 0 amide bonds. The Kier molecular flexibility index (Phi) is 3.95. The molecule has 1 aromatic carbocycles. The molecule has 2 nitrogen and oxygen atoms in total. The average Bonchev–Trinajstić information content (AvgIpc) is 2.23. The van der Waals surface area contributed by atoms with Crippen molar-refractivity contribution >= 4 is 6.08 Å². The van der Waals surface area contributed by atoms with Gasteiger partial charge in [-0.1, -0.05) is 12.2 Å². The lowest BCUT2D eigenvalue weighted by atomic mass is 10.1. The van der Waals surface area contributed by atoms with Crippen molar-refractivity contribution < 1.29 is 8.78 Å². The van der Waals surface area contributed by atoms with E-state index in [0.29, 0.717) is 6.54 Å². The molecule has 0 atom stereocenters. The first-order valence-electron chi connectivity index (χ1n) is 4.39. The molecule has 1 aromatic rings. The monoisotopic (exact) mass is 208 g/mol. The molecule has 0 radical (unpaired) electrons. The molecule has 0 unspecified atom stereocenters. The Bertz CT molecular complexity index is 419. The second-order valence-corrected chi connectivity index (χ2v) is 2.93. The van der Waals surface area contributed by atoms with Crippen LogP contribution in [0.25, 0.3) is 6.08 Å². The van der Waals surface area contributed by atoms with Gasteiger partial charge in [-0.2, -0.15) is 5.26 Å². The van der Waals surface area contributed by atoms with Gasteiger partial charge in [-0.05, 0) is 19.2 Å². The molecule has 0 bridgehead atoms. The Morgan fingerprint density at radius 2 is 2.13 bits per heavy atom. The summed E-state index contributed by atoms with van der Waals surface area (Å²) in [5, 5.41) is 11.3. The number of likely N-dealkylation sites (N-methyl/N-ethyl adjacent to an activating group) is 1. The molecule has 0 aromatic heterocycles. The fourth-order valence-electron chi connectivity index (χ4n) is 1.08. The lowest BCUT2D eigenvalue weighted by molar-refractivity contribution is 0.594. The van der Waals surface area contributed by atoms with Gasteiger partial charge in [-0.25, -0.2) is 8.78 Å². The lowest BCUT2D eigenvalue weighted by Gasteiger charge is -1.99. The first-order chi connectivity index (χ1) is 7.19. The summed E-state index contributed by atoms with van der Waals surface area (Å²) in [6, 6.07) is 3.49. The summed E-state index contributed by atoms with van der Waals surface area (Å²) in [6.45, 7) is 0.570. The number of hydrogen-bond donors (Lipinski definition) is 1. The van der Waals surface area contributed by atoms with E-state index < -0.39 is 11.6 Å². The van der Waals surface area contributed by atoms with Gasteiger partial charge in [0.1, 0.15) is 17.7 Å². The van der Waals surface area contributed by atoms with Crippen LogP contribution in [-0.4, -0.2) is 13.6 Å². The highest BCUT2D eigenvalue weighted by molar-refractivity contribution is 5.52. The van der Waals surface area contributed by atoms with E-state index in [4.69, 9.17) is 5.26 Å². The Labute approximate surface area is 86.8 Å². The third kappa shape index (κ3) is 2.86. The number of hydrogen-bond acceptors (Lipinski definition) is 2. The Morgan fingerprint density at radius 1 is 1.40 bits per heavy atom. The molecule has 0 aliphatic carbocycles. The number of rotatable bonds is 3. The van der Waals surface area contributed by atoms with Crippen LogP contribution < -0.4 is 5.32 Å². The molecule has 0 aliphatic heterocycles. The second-order valence-electron chi connectivity index (χ2n) is 2.93. The van der Waals surface area contributed by atoms with Crippen molar-refractivity contribution in [3.05, 3.63) is 41.0 Å². The van der Waals surface area contributed by atoms with E-state index in [1.807, 2.05) is 0 Å². The topological polar surface area (TPSA) is 35.8 Å². The largest absolute Gasteiger partial charge is 0.316 e. The highest BCUT2D eigenvalue weighted by atomic mass is 19.1. The van der Waals surface area contributed by atoms with Crippen LogP contribution >= 0.6 is 0 Å². The van der Waals surface area contributed by atoms with Crippen LogP contribution in [0.1, 0.15) is 11.1 Å². The third-order valence-electron chi connectivity index (χ3n) is 1.83. The van der Waals surface area contributed by atoms with Gasteiger partial charge in [-0.3, -0.25) is 0 Å². The van der Waals surface area contributed by atoms with E-state index in [1.165, 1.54) is 6.08 Å². The second kappa shape index (κ2) is 5.23. The SMILES string of the molecule is CNCC=Cc1cc(F)c(C#N)cc1F. The summed E-state index contributed by atoms with van der Waals surface area (Å²) >= 11 is 0. The summed E-state index contributed by atoms with van der Waals surface area (Å²) in [5.74, 6) is -1.30. The van der Waals surface area contributed by atoms with E-state index in [2.05, 4.69) is 5.32 Å². The minimum absolute atomic E-state index is 0.141. The molecule has 1 rings (SSSR count). The maximum absolute atomic E-state index is 13.3. The van der Waals surface area contributed by atoms with Gasteiger partial charge in [0.25, 0.3) is 0 Å². The molecule has 15 heavy (non-hydrogen) atoms. The summed E-state index contributed by atoms with van der Waals surface area (Å²) in [5.41, 5.74) is -0.139. The number of nitriles is 1. The van der Waals surface area contributed by atoms with Crippen LogP contribution in [0.15, 0.2) is 18.2 Å². The van der Waals surface area contributed by atoms with Crippen molar-refractivity contribution in [3.63, 3.8) is 0 Å². The van der Waals surface area contributed by atoms with Crippen LogP contribution in [0.2, 0.25) is 0 Å². The summed E-state index contributed by atoms with van der Waals surface area (Å²) in [6.07, 6.45) is 3.14. The van der Waals surface area contributed by atoms with Gasteiger partial charge in [-0.15, -0.1) is 0 Å². The van der Waals surface area contributed by atoms with Crippen LogP contribution in [0.5, 0.6) is 0 Å². The first-order valence-corrected chi connectivity index (χ1v) is 4.39. The van der Waals surface area contributed by atoms with E-state index in [0.717, 1.165) is 12.1 Å². The summed E-state index contributed by atoms with van der Waals surface area (Å²) in [4.78, 5) is 0. The average molecular weight is 208 g/mol. The molecule has 0 heterocycles. The molecule has 4 heteroatoms. The van der Waals surface area contributed by atoms with E-state index >= 15 is 0 Å². The molecule has 1 N–H and O–H groups in total. The number of nitrogens with one attached hydrogen (secondary N) is 1. The highest BCUT2D eigenvalue weighted by Gasteiger charge is 2.06. The van der Waals surface area contributed by atoms with Crippen molar-refractivity contribution in [2.45, 2.75) is 0 Å². The van der Waals surface area contributed by atoms with Gasteiger partial charge in [0.15, 0.2) is 0 Å². The van der Waals surface area contributed by atoms with Crippen LogP contribution in [0.3, 0.4) is 0 Å². The number of nitrogens with zero attached hydrogens (tertiary/aromatic N) is 1. The normalized spacial score (nSPS) is 10.5. The summed E-state index contributed by atoms with van der Waals surface area (Å²) < 4.78 is 26.4. The molecule has 0 saturated heterocycles. The first kappa shape index (κ1) is 11.3. The lowest BCUT2D eigenvalue weighted by Crippen LogP contribution is -2.03. The Hall–Kier alpha value is -1.73. The van der Waals surface area contributed by atoms with Gasteiger partial charge >= 0.3 is 0 Å². The molecule has 0 aliphatic rings. The molecule has 78 valence electrons. The summed E-state index contributed by atoms with van der Waals surface area (Å²) in [7, 11) is 1.75. The van der Waals surface area contributed by atoms with Crippen molar-refractivity contribution in [3.8, 4) is 6.07 Å². The maximum atomic E-state index is 13.3. The quantitative estimate of drug-likeness (QED) is 0.825. The fraction of sp³-hybridized carbons (Fsp3) is 0.182. The number of benzene rings is 1. The molecular weight excluding hydrogens is 198 g/mol. The predicted octanol–water partition coefficient (Wildman–Crippen LogP) is 2.07. The van der Waals surface area contributed by atoms with Gasteiger partial charge in [0.2, 0.25) is 0 Å². The van der Waals surface area contributed by atoms with Crippen molar-refractivity contribution in [1.29, 1.82) is 5.26 Å². The zero-order chi connectivity index (χ0) is 11.3. The predicted molar refractivity (Wildman–Crippen MR) is 54.0 cm³/mol. The van der Waals surface area contributed by atoms with Crippen LogP contribution in [0.4, 0.5) is 8.78 Å². The Balaban J connectivity index is 3.01. The van der Waals surface area contributed by atoms with E-state index in [9.17, 15) is 8.78 Å². The van der Waals surface area contributed by atoms with Crippen LogP contribution in [0, 0.1) is 23.0 Å². The fourth-order valence-corrected chi connectivity index (χ4v) is 1.08. The zero-order valence-electron chi connectivity index (χ0n) is 8.22.